The minimum atomic E-state index is -0.0730. The molecule has 0 bridgehead atoms. The van der Waals surface area contributed by atoms with E-state index in [1.807, 2.05) is 6.07 Å². The lowest BCUT2D eigenvalue weighted by atomic mass is 10.1. The second kappa shape index (κ2) is 5.76. The van der Waals surface area contributed by atoms with Crippen LogP contribution < -0.4 is 5.32 Å². The third-order valence-corrected chi connectivity index (χ3v) is 4.36. The van der Waals surface area contributed by atoms with Gasteiger partial charge < -0.3 is 15.1 Å². The highest BCUT2D eigenvalue weighted by atomic mass is 16.2. The number of urea groups is 1. The van der Waals surface area contributed by atoms with Crippen molar-refractivity contribution >= 4 is 17.6 Å². The molecule has 3 rings (SSSR count). The van der Waals surface area contributed by atoms with Crippen molar-refractivity contribution in [1.29, 1.82) is 0 Å². The summed E-state index contributed by atoms with van der Waals surface area (Å²) in [5.41, 5.74) is 3.63. The van der Waals surface area contributed by atoms with Crippen molar-refractivity contribution in [3.8, 4) is 0 Å². The highest BCUT2D eigenvalue weighted by Crippen LogP contribution is 2.25. The van der Waals surface area contributed by atoms with Gasteiger partial charge in [-0.3, -0.25) is 4.79 Å². The summed E-state index contributed by atoms with van der Waals surface area (Å²) < 4.78 is 0. The van der Waals surface area contributed by atoms with Crippen molar-refractivity contribution < 1.29 is 9.59 Å². The summed E-state index contributed by atoms with van der Waals surface area (Å²) in [5, 5.41) is 2.97. The normalized spacial score (nSPS) is 17.6. The predicted molar refractivity (Wildman–Crippen MR) is 81.3 cm³/mol. The molecule has 21 heavy (non-hydrogen) atoms. The molecule has 112 valence electrons. The summed E-state index contributed by atoms with van der Waals surface area (Å²) in [7, 11) is 0. The van der Waals surface area contributed by atoms with Gasteiger partial charge in [0.2, 0.25) is 5.91 Å². The van der Waals surface area contributed by atoms with Gasteiger partial charge in [-0.2, -0.15) is 0 Å². The lowest BCUT2D eigenvalue weighted by Crippen LogP contribution is -2.51. The van der Waals surface area contributed by atoms with Crippen LogP contribution in [0.2, 0.25) is 0 Å². The standard InChI is InChI=1S/C16H21N3O2/c1-12(20)18-7-9-19(10-8-18)16(21)17-15-6-5-13-3-2-4-14(13)11-15/h5-6,11H,2-4,7-10H2,1H3,(H,17,21). The van der Waals surface area contributed by atoms with E-state index in [1.165, 1.54) is 17.5 Å². The average molecular weight is 287 g/mol. The maximum absolute atomic E-state index is 12.3. The molecule has 1 aliphatic carbocycles. The Bertz CT molecular complexity index is 563. The summed E-state index contributed by atoms with van der Waals surface area (Å²) in [4.78, 5) is 27.1. The number of nitrogens with zero attached hydrogens (tertiary/aromatic N) is 2. The van der Waals surface area contributed by atoms with Gasteiger partial charge in [0.25, 0.3) is 0 Å². The number of hydrogen-bond acceptors (Lipinski definition) is 2. The van der Waals surface area contributed by atoms with Crippen molar-refractivity contribution in [3.05, 3.63) is 29.3 Å². The van der Waals surface area contributed by atoms with Crippen LogP contribution in [0.15, 0.2) is 18.2 Å². The van der Waals surface area contributed by atoms with Crippen LogP contribution in [0.1, 0.15) is 24.5 Å². The SMILES string of the molecule is CC(=O)N1CCN(C(=O)Nc2ccc3c(c2)CCC3)CC1. The monoisotopic (exact) mass is 287 g/mol. The minimum absolute atomic E-state index is 0.0730. The van der Waals surface area contributed by atoms with Crippen LogP contribution in [-0.2, 0) is 17.6 Å². The first-order chi connectivity index (χ1) is 10.1. The Morgan fingerprint density at radius 1 is 1.00 bits per heavy atom. The molecular weight excluding hydrogens is 266 g/mol. The number of aryl methyl sites for hydroxylation is 2. The lowest BCUT2D eigenvalue weighted by Gasteiger charge is -2.34. The predicted octanol–water partition coefficient (Wildman–Crippen LogP) is 1.87. The molecule has 1 fully saturated rings. The van der Waals surface area contributed by atoms with Gasteiger partial charge in [0.1, 0.15) is 0 Å². The van der Waals surface area contributed by atoms with Gasteiger partial charge in [-0.1, -0.05) is 6.07 Å². The number of benzene rings is 1. The van der Waals surface area contributed by atoms with E-state index in [9.17, 15) is 9.59 Å². The minimum Gasteiger partial charge on any atom is -0.339 e. The molecule has 0 radical (unpaired) electrons. The molecule has 2 aliphatic rings. The first kappa shape index (κ1) is 13.9. The molecular formula is C16H21N3O2. The third-order valence-electron chi connectivity index (χ3n) is 4.36. The number of fused-ring (bicyclic) bond motifs is 1. The topological polar surface area (TPSA) is 52.7 Å². The second-order valence-electron chi connectivity index (χ2n) is 5.76. The number of amides is 3. The Morgan fingerprint density at radius 3 is 2.38 bits per heavy atom. The number of carbonyl (C=O) groups excluding carboxylic acids is 2. The average Bonchev–Trinajstić information content (AvgIpc) is 2.95. The number of carbonyl (C=O) groups is 2. The number of nitrogens with one attached hydrogen (secondary N) is 1. The summed E-state index contributed by atoms with van der Waals surface area (Å²) in [5.74, 6) is 0.0775. The molecule has 1 aromatic rings. The largest absolute Gasteiger partial charge is 0.339 e. The van der Waals surface area contributed by atoms with Crippen LogP contribution in [0.25, 0.3) is 0 Å². The van der Waals surface area contributed by atoms with Crippen molar-refractivity contribution in [3.63, 3.8) is 0 Å². The van der Waals surface area contributed by atoms with E-state index >= 15 is 0 Å². The fourth-order valence-corrected chi connectivity index (χ4v) is 3.08. The molecule has 1 aromatic carbocycles. The van der Waals surface area contributed by atoms with Crippen LogP contribution in [0.4, 0.5) is 10.5 Å². The number of hydrogen-bond donors (Lipinski definition) is 1. The van der Waals surface area contributed by atoms with E-state index in [1.54, 1.807) is 16.7 Å². The number of piperazine rings is 1. The molecule has 0 saturated carbocycles. The highest BCUT2D eigenvalue weighted by Gasteiger charge is 2.22. The van der Waals surface area contributed by atoms with Crippen molar-refractivity contribution in [2.45, 2.75) is 26.2 Å². The molecule has 0 atom stereocenters. The molecule has 0 aromatic heterocycles. The fraction of sp³-hybridized carbons (Fsp3) is 0.500. The smallest absolute Gasteiger partial charge is 0.321 e. The van der Waals surface area contributed by atoms with E-state index in [0.717, 1.165) is 18.5 Å². The Hall–Kier alpha value is -2.04. The Balaban J connectivity index is 1.58. The molecule has 3 amide bonds. The first-order valence-corrected chi connectivity index (χ1v) is 7.57. The van der Waals surface area contributed by atoms with E-state index in [4.69, 9.17) is 0 Å². The molecule has 1 aliphatic heterocycles. The van der Waals surface area contributed by atoms with Gasteiger partial charge >= 0.3 is 6.03 Å². The van der Waals surface area contributed by atoms with Crippen LogP contribution in [-0.4, -0.2) is 47.9 Å². The third kappa shape index (κ3) is 3.01. The van der Waals surface area contributed by atoms with E-state index in [0.29, 0.717) is 26.2 Å². The van der Waals surface area contributed by atoms with Gasteiger partial charge in [0, 0.05) is 38.8 Å². The van der Waals surface area contributed by atoms with Crippen LogP contribution in [0, 0.1) is 0 Å². The maximum atomic E-state index is 12.3. The molecule has 0 unspecified atom stereocenters. The van der Waals surface area contributed by atoms with Crippen molar-refractivity contribution in [1.82, 2.24) is 9.80 Å². The number of anilines is 1. The molecule has 5 heteroatoms. The van der Waals surface area contributed by atoms with E-state index in [2.05, 4.69) is 17.4 Å². The van der Waals surface area contributed by atoms with Gasteiger partial charge in [0.05, 0.1) is 0 Å². The highest BCUT2D eigenvalue weighted by molar-refractivity contribution is 5.89. The van der Waals surface area contributed by atoms with Crippen molar-refractivity contribution in [2.75, 3.05) is 31.5 Å². The zero-order valence-electron chi connectivity index (χ0n) is 12.4. The molecule has 5 nitrogen and oxygen atoms in total. The van der Waals surface area contributed by atoms with Gasteiger partial charge in [-0.25, -0.2) is 4.79 Å². The summed E-state index contributed by atoms with van der Waals surface area (Å²) >= 11 is 0. The van der Waals surface area contributed by atoms with E-state index in [-0.39, 0.29) is 11.9 Å². The molecule has 1 N–H and O–H groups in total. The second-order valence-corrected chi connectivity index (χ2v) is 5.76. The molecule has 1 saturated heterocycles. The van der Waals surface area contributed by atoms with Crippen LogP contribution >= 0.6 is 0 Å². The molecule has 0 spiro atoms. The molecule has 1 heterocycles. The Morgan fingerprint density at radius 2 is 1.67 bits per heavy atom. The number of rotatable bonds is 1. The van der Waals surface area contributed by atoms with Gasteiger partial charge in [-0.05, 0) is 42.5 Å². The van der Waals surface area contributed by atoms with Crippen LogP contribution in [0.3, 0.4) is 0 Å². The summed E-state index contributed by atoms with van der Waals surface area (Å²) in [6.07, 6.45) is 3.46. The zero-order chi connectivity index (χ0) is 14.8. The maximum Gasteiger partial charge on any atom is 0.321 e. The lowest BCUT2D eigenvalue weighted by molar-refractivity contribution is -0.130. The van der Waals surface area contributed by atoms with E-state index < -0.39 is 0 Å². The summed E-state index contributed by atoms with van der Waals surface area (Å²) in [6, 6.07) is 6.11. The Labute approximate surface area is 124 Å². The zero-order valence-corrected chi connectivity index (χ0v) is 12.4. The van der Waals surface area contributed by atoms with Gasteiger partial charge in [-0.15, -0.1) is 0 Å². The van der Waals surface area contributed by atoms with Crippen molar-refractivity contribution in [2.24, 2.45) is 0 Å². The van der Waals surface area contributed by atoms with Crippen LogP contribution in [0.5, 0.6) is 0 Å². The Kier molecular flexibility index (Phi) is 3.82. The fourth-order valence-electron chi connectivity index (χ4n) is 3.08. The first-order valence-electron chi connectivity index (χ1n) is 7.57. The van der Waals surface area contributed by atoms with Gasteiger partial charge in [0.15, 0.2) is 0 Å². The summed E-state index contributed by atoms with van der Waals surface area (Å²) in [6.45, 7) is 3.99. The quantitative estimate of drug-likeness (QED) is 0.857.